The van der Waals surface area contributed by atoms with Crippen LogP contribution >= 0.6 is 11.8 Å². The summed E-state index contributed by atoms with van der Waals surface area (Å²) < 4.78 is 7.72. The van der Waals surface area contributed by atoms with Gasteiger partial charge in [-0.05, 0) is 24.6 Å². The van der Waals surface area contributed by atoms with Crippen LogP contribution in [-0.2, 0) is 24.5 Å². The van der Waals surface area contributed by atoms with Crippen molar-refractivity contribution >= 4 is 17.7 Å². The number of carbonyl (C=O) groups excluding carboxylic acids is 1. The fraction of sp³-hybridized carbons (Fsp3) is 0.250. The highest BCUT2D eigenvalue weighted by Gasteiger charge is 2.13. The second-order valence-corrected chi connectivity index (χ2v) is 6.74. The zero-order valence-corrected chi connectivity index (χ0v) is 16.0. The quantitative estimate of drug-likeness (QED) is 0.575. The van der Waals surface area contributed by atoms with Crippen molar-refractivity contribution in [1.29, 1.82) is 0 Å². The molecule has 6 nitrogen and oxygen atoms in total. The molecule has 1 N–H and O–H groups in total. The van der Waals surface area contributed by atoms with Gasteiger partial charge in [-0.3, -0.25) is 4.79 Å². The summed E-state index contributed by atoms with van der Waals surface area (Å²) in [4.78, 5) is 12.1. The average molecular weight is 382 g/mol. The van der Waals surface area contributed by atoms with Crippen LogP contribution in [0.1, 0.15) is 18.3 Å². The number of hydrogen-bond donors (Lipinski definition) is 1. The Hall–Kier alpha value is -2.80. The molecular weight excluding hydrogens is 360 g/mol. The van der Waals surface area contributed by atoms with Crippen molar-refractivity contribution < 1.29 is 9.53 Å². The molecule has 0 fully saturated rings. The standard InChI is InChI=1S/C20H22N4O2S/c1-2-24-18(14-26-17-11-7-4-8-12-17)22-23-20(24)27-15-19(25)21-13-16-9-5-3-6-10-16/h3-12H,2,13-15H2,1H3,(H,21,25). The summed E-state index contributed by atoms with van der Waals surface area (Å²) in [6.07, 6.45) is 0. The largest absolute Gasteiger partial charge is 0.486 e. The van der Waals surface area contributed by atoms with Gasteiger partial charge in [-0.1, -0.05) is 60.3 Å². The van der Waals surface area contributed by atoms with E-state index in [1.165, 1.54) is 11.8 Å². The number of para-hydroxylation sites is 1. The predicted molar refractivity (Wildman–Crippen MR) is 105 cm³/mol. The number of carbonyl (C=O) groups is 1. The molecule has 1 heterocycles. The van der Waals surface area contributed by atoms with Gasteiger partial charge in [0, 0.05) is 13.1 Å². The van der Waals surface area contributed by atoms with E-state index in [0.29, 0.717) is 25.4 Å². The maximum atomic E-state index is 12.1. The molecular formula is C20H22N4O2S. The Labute approximate surface area is 163 Å². The summed E-state index contributed by atoms with van der Waals surface area (Å²) >= 11 is 1.38. The molecule has 0 bridgehead atoms. The molecule has 0 saturated carbocycles. The first-order valence-electron chi connectivity index (χ1n) is 8.79. The van der Waals surface area contributed by atoms with Gasteiger partial charge < -0.3 is 14.6 Å². The molecule has 140 valence electrons. The lowest BCUT2D eigenvalue weighted by Gasteiger charge is -2.09. The average Bonchev–Trinajstić information content (AvgIpc) is 3.12. The predicted octanol–water partition coefficient (Wildman–Crippen LogP) is 3.29. The highest BCUT2D eigenvalue weighted by atomic mass is 32.2. The fourth-order valence-corrected chi connectivity index (χ4v) is 3.34. The minimum Gasteiger partial charge on any atom is -0.486 e. The van der Waals surface area contributed by atoms with Crippen LogP contribution in [0.4, 0.5) is 0 Å². The van der Waals surface area contributed by atoms with Crippen molar-refractivity contribution in [2.24, 2.45) is 0 Å². The van der Waals surface area contributed by atoms with E-state index in [0.717, 1.165) is 22.3 Å². The van der Waals surface area contributed by atoms with Gasteiger partial charge in [0.05, 0.1) is 5.75 Å². The molecule has 1 aromatic heterocycles. The Bertz CT molecular complexity index is 853. The second kappa shape index (κ2) is 9.78. The third kappa shape index (κ3) is 5.59. The Morgan fingerprint density at radius 1 is 1.07 bits per heavy atom. The van der Waals surface area contributed by atoms with Gasteiger partial charge in [0.1, 0.15) is 12.4 Å². The summed E-state index contributed by atoms with van der Waals surface area (Å²) in [6, 6.07) is 19.4. The third-order valence-corrected chi connectivity index (χ3v) is 4.85. The number of ether oxygens (including phenoxy) is 1. The molecule has 0 unspecified atom stereocenters. The first-order chi connectivity index (χ1) is 13.3. The lowest BCUT2D eigenvalue weighted by Crippen LogP contribution is -2.24. The van der Waals surface area contributed by atoms with E-state index in [1.54, 1.807) is 0 Å². The maximum absolute atomic E-state index is 12.1. The zero-order valence-electron chi connectivity index (χ0n) is 15.2. The summed E-state index contributed by atoms with van der Waals surface area (Å²) in [6.45, 7) is 3.60. The molecule has 0 aliphatic heterocycles. The number of aromatic nitrogens is 3. The van der Waals surface area contributed by atoms with E-state index in [4.69, 9.17) is 4.74 Å². The minimum absolute atomic E-state index is 0.0309. The number of benzene rings is 2. The van der Waals surface area contributed by atoms with Gasteiger partial charge in [-0.15, -0.1) is 10.2 Å². The zero-order chi connectivity index (χ0) is 18.9. The molecule has 0 spiro atoms. The van der Waals surface area contributed by atoms with Crippen LogP contribution < -0.4 is 10.1 Å². The van der Waals surface area contributed by atoms with Gasteiger partial charge in [0.2, 0.25) is 5.91 Å². The smallest absolute Gasteiger partial charge is 0.230 e. The van der Waals surface area contributed by atoms with Crippen molar-refractivity contribution in [3.63, 3.8) is 0 Å². The number of nitrogens with one attached hydrogen (secondary N) is 1. The molecule has 0 saturated heterocycles. The van der Waals surface area contributed by atoms with Crippen LogP contribution in [-0.4, -0.2) is 26.4 Å². The van der Waals surface area contributed by atoms with Crippen molar-refractivity contribution in [2.75, 3.05) is 5.75 Å². The molecule has 0 aliphatic rings. The highest BCUT2D eigenvalue weighted by molar-refractivity contribution is 7.99. The highest BCUT2D eigenvalue weighted by Crippen LogP contribution is 2.18. The summed E-state index contributed by atoms with van der Waals surface area (Å²) in [5.74, 6) is 1.80. The monoisotopic (exact) mass is 382 g/mol. The Morgan fingerprint density at radius 2 is 1.78 bits per heavy atom. The number of thioether (sulfide) groups is 1. The molecule has 0 radical (unpaired) electrons. The molecule has 7 heteroatoms. The van der Waals surface area contributed by atoms with Crippen molar-refractivity contribution in [3.05, 3.63) is 72.1 Å². The number of nitrogens with zero attached hydrogens (tertiary/aromatic N) is 3. The van der Waals surface area contributed by atoms with Crippen molar-refractivity contribution in [3.8, 4) is 5.75 Å². The lowest BCUT2D eigenvalue weighted by molar-refractivity contribution is -0.118. The number of amides is 1. The summed E-state index contributed by atoms with van der Waals surface area (Å²) in [5.41, 5.74) is 1.08. The molecule has 27 heavy (non-hydrogen) atoms. The van der Waals surface area contributed by atoms with Gasteiger partial charge in [-0.2, -0.15) is 0 Å². The topological polar surface area (TPSA) is 69.0 Å². The van der Waals surface area contributed by atoms with Gasteiger partial charge in [-0.25, -0.2) is 0 Å². The van der Waals surface area contributed by atoms with Gasteiger partial charge in [0.15, 0.2) is 11.0 Å². The molecule has 0 aliphatic carbocycles. The summed E-state index contributed by atoms with van der Waals surface area (Å²) in [7, 11) is 0. The van der Waals surface area contributed by atoms with Crippen LogP contribution in [0.25, 0.3) is 0 Å². The van der Waals surface area contributed by atoms with Crippen LogP contribution in [0.15, 0.2) is 65.8 Å². The molecule has 0 atom stereocenters. The summed E-state index contributed by atoms with van der Waals surface area (Å²) in [5, 5.41) is 12.1. The van der Waals surface area contributed by atoms with Crippen LogP contribution in [0.3, 0.4) is 0 Å². The molecule has 2 aromatic carbocycles. The van der Waals surface area contributed by atoms with Crippen LogP contribution in [0.2, 0.25) is 0 Å². The first kappa shape index (κ1) is 19.0. The normalized spacial score (nSPS) is 10.6. The van der Waals surface area contributed by atoms with E-state index in [9.17, 15) is 4.79 Å². The van der Waals surface area contributed by atoms with Gasteiger partial charge in [0.25, 0.3) is 0 Å². The van der Waals surface area contributed by atoms with Crippen LogP contribution in [0.5, 0.6) is 5.75 Å². The SMILES string of the molecule is CCn1c(COc2ccccc2)nnc1SCC(=O)NCc1ccccc1. The molecule has 1 amide bonds. The third-order valence-electron chi connectivity index (χ3n) is 3.89. The first-order valence-corrected chi connectivity index (χ1v) is 9.78. The second-order valence-electron chi connectivity index (χ2n) is 5.80. The van der Waals surface area contributed by atoms with E-state index < -0.39 is 0 Å². The van der Waals surface area contributed by atoms with Gasteiger partial charge >= 0.3 is 0 Å². The number of rotatable bonds is 9. The number of hydrogen-bond acceptors (Lipinski definition) is 5. The Kier molecular flexibility index (Phi) is 6.87. The maximum Gasteiger partial charge on any atom is 0.230 e. The minimum atomic E-state index is -0.0309. The molecule has 3 rings (SSSR count). The van der Waals surface area contributed by atoms with Crippen molar-refractivity contribution in [2.45, 2.75) is 31.8 Å². The lowest BCUT2D eigenvalue weighted by atomic mass is 10.2. The Balaban J connectivity index is 1.51. The van der Waals surface area contributed by atoms with E-state index in [1.807, 2.05) is 72.2 Å². The van der Waals surface area contributed by atoms with E-state index in [2.05, 4.69) is 15.5 Å². The van der Waals surface area contributed by atoms with Crippen molar-refractivity contribution in [1.82, 2.24) is 20.1 Å². The van der Waals surface area contributed by atoms with E-state index >= 15 is 0 Å². The molecule has 3 aromatic rings. The Morgan fingerprint density at radius 3 is 2.48 bits per heavy atom. The van der Waals surface area contributed by atoms with Crippen LogP contribution in [0, 0.1) is 0 Å². The fourth-order valence-electron chi connectivity index (χ4n) is 2.49. The van der Waals surface area contributed by atoms with E-state index in [-0.39, 0.29) is 5.91 Å².